The Balaban J connectivity index is 1.69. The quantitative estimate of drug-likeness (QED) is 0.644. The summed E-state index contributed by atoms with van der Waals surface area (Å²) in [5, 5.41) is 0.436. The molecule has 0 bridgehead atoms. The first-order valence-electron chi connectivity index (χ1n) is 10.0. The number of carbonyl (C=O) groups excluding carboxylic acids is 1. The summed E-state index contributed by atoms with van der Waals surface area (Å²) < 4.78 is 32.6. The Morgan fingerprint density at radius 3 is 2.57 bits per heavy atom. The average Bonchev–Trinajstić information content (AvgIpc) is 2.76. The van der Waals surface area contributed by atoms with Gasteiger partial charge in [-0.2, -0.15) is 4.31 Å². The van der Waals surface area contributed by atoms with Crippen molar-refractivity contribution in [3.63, 3.8) is 0 Å². The molecule has 1 saturated heterocycles. The molecule has 162 valence electrons. The van der Waals surface area contributed by atoms with Crippen molar-refractivity contribution in [1.82, 2.24) is 14.2 Å². The molecular formula is C21H26ClN3O4S. The molecule has 1 fully saturated rings. The van der Waals surface area contributed by atoms with E-state index in [-0.39, 0.29) is 16.9 Å². The van der Waals surface area contributed by atoms with Gasteiger partial charge in [-0.1, -0.05) is 25.4 Å². The van der Waals surface area contributed by atoms with Gasteiger partial charge in [-0.3, -0.25) is 9.78 Å². The lowest BCUT2D eigenvalue weighted by Gasteiger charge is -2.33. The average molecular weight is 452 g/mol. The Labute approximate surface area is 182 Å². The molecule has 0 saturated carbocycles. The van der Waals surface area contributed by atoms with Crippen molar-refractivity contribution in [3.8, 4) is 5.75 Å². The minimum absolute atomic E-state index is 0.143. The molecule has 9 heteroatoms. The molecule has 1 aromatic heterocycles. The van der Waals surface area contributed by atoms with Crippen LogP contribution in [0.25, 0.3) is 0 Å². The van der Waals surface area contributed by atoms with Crippen LogP contribution in [0.15, 0.2) is 47.6 Å². The molecule has 30 heavy (non-hydrogen) atoms. The second kappa shape index (κ2) is 9.76. The largest absolute Gasteiger partial charge is 0.487 e. The van der Waals surface area contributed by atoms with Crippen molar-refractivity contribution in [2.75, 3.05) is 26.2 Å². The van der Waals surface area contributed by atoms with Crippen molar-refractivity contribution >= 4 is 27.5 Å². The third-order valence-electron chi connectivity index (χ3n) is 5.14. The number of likely N-dealkylation sites (tertiary alicyclic amines) is 1. The zero-order chi connectivity index (χ0) is 21.7. The summed E-state index contributed by atoms with van der Waals surface area (Å²) in [7, 11) is -3.55. The highest BCUT2D eigenvalue weighted by Crippen LogP contribution is 2.26. The van der Waals surface area contributed by atoms with Crippen molar-refractivity contribution in [2.24, 2.45) is 0 Å². The summed E-state index contributed by atoms with van der Waals surface area (Å²) >= 11 is 6.11. The summed E-state index contributed by atoms with van der Waals surface area (Å²) in [6, 6.07) is 7.84. The van der Waals surface area contributed by atoms with Crippen LogP contribution in [-0.4, -0.2) is 60.8 Å². The molecule has 0 radical (unpaired) electrons. The number of amides is 1. The number of rotatable bonds is 7. The number of pyridine rings is 1. The molecule has 1 aromatic carbocycles. The van der Waals surface area contributed by atoms with Gasteiger partial charge >= 0.3 is 0 Å². The van der Waals surface area contributed by atoms with E-state index in [0.29, 0.717) is 42.5 Å². The monoisotopic (exact) mass is 451 g/mol. The zero-order valence-electron chi connectivity index (χ0n) is 17.1. The Kier molecular flexibility index (Phi) is 7.33. The molecule has 0 N–H and O–H groups in total. The summed E-state index contributed by atoms with van der Waals surface area (Å²) in [6.07, 6.45) is 4.61. The van der Waals surface area contributed by atoms with Crippen LogP contribution in [0.1, 0.15) is 37.0 Å². The number of carbonyl (C=O) groups is 1. The van der Waals surface area contributed by atoms with Gasteiger partial charge in [0.1, 0.15) is 16.9 Å². The lowest BCUT2D eigenvalue weighted by molar-refractivity contribution is 0.0538. The first kappa shape index (κ1) is 22.5. The van der Waals surface area contributed by atoms with E-state index in [2.05, 4.69) is 4.98 Å². The van der Waals surface area contributed by atoms with E-state index in [1.165, 1.54) is 22.6 Å². The molecule has 1 unspecified atom stereocenters. The van der Waals surface area contributed by atoms with Crippen molar-refractivity contribution in [1.29, 1.82) is 0 Å². The number of piperidine rings is 1. The zero-order valence-corrected chi connectivity index (χ0v) is 18.7. The third-order valence-corrected chi connectivity index (χ3v) is 7.49. The molecule has 0 spiro atoms. The van der Waals surface area contributed by atoms with Crippen LogP contribution in [0.3, 0.4) is 0 Å². The smallest absolute Gasteiger partial charge is 0.253 e. The van der Waals surface area contributed by atoms with Crippen LogP contribution in [0.5, 0.6) is 5.75 Å². The van der Waals surface area contributed by atoms with Crippen molar-refractivity contribution < 1.29 is 17.9 Å². The fraction of sp³-hybridized carbons (Fsp3) is 0.429. The van der Waals surface area contributed by atoms with Gasteiger partial charge in [0, 0.05) is 43.7 Å². The normalized spacial score (nSPS) is 17.2. The number of ether oxygens (including phenoxy) is 1. The summed E-state index contributed by atoms with van der Waals surface area (Å²) in [4.78, 5) is 18.8. The highest BCUT2D eigenvalue weighted by atomic mass is 35.5. The summed E-state index contributed by atoms with van der Waals surface area (Å²) in [6.45, 7) is 5.46. The second-order valence-corrected chi connectivity index (χ2v) is 9.40. The van der Waals surface area contributed by atoms with Crippen LogP contribution >= 0.6 is 11.6 Å². The van der Waals surface area contributed by atoms with E-state index < -0.39 is 10.0 Å². The van der Waals surface area contributed by atoms with Crippen LogP contribution < -0.4 is 4.74 Å². The molecule has 1 amide bonds. The molecule has 1 atom stereocenters. The molecule has 2 aromatic rings. The topological polar surface area (TPSA) is 79.8 Å². The van der Waals surface area contributed by atoms with E-state index in [9.17, 15) is 13.2 Å². The fourth-order valence-corrected chi connectivity index (χ4v) is 5.14. The Morgan fingerprint density at radius 1 is 1.23 bits per heavy atom. The van der Waals surface area contributed by atoms with Crippen LogP contribution in [0, 0.1) is 0 Å². The van der Waals surface area contributed by atoms with E-state index in [0.717, 1.165) is 12.8 Å². The second-order valence-electron chi connectivity index (χ2n) is 7.05. The van der Waals surface area contributed by atoms with Gasteiger partial charge in [0.25, 0.3) is 5.91 Å². The number of hydrogen-bond acceptors (Lipinski definition) is 5. The van der Waals surface area contributed by atoms with Gasteiger partial charge < -0.3 is 9.64 Å². The van der Waals surface area contributed by atoms with E-state index in [1.807, 2.05) is 0 Å². The van der Waals surface area contributed by atoms with Gasteiger partial charge in [-0.15, -0.1) is 0 Å². The first-order valence-corrected chi connectivity index (χ1v) is 11.8. The Morgan fingerprint density at radius 2 is 1.93 bits per heavy atom. The number of aromatic nitrogens is 1. The third kappa shape index (κ3) is 4.94. The summed E-state index contributed by atoms with van der Waals surface area (Å²) in [5.74, 6) is 0.410. The van der Waals surface area contributed by atoms with Gasteiger partial charge in [0.15, 0.2) is 0 Å². The predicted octanol–water partition coefficient (Wildman–Crippen LogP) is 3.45. The number of nitrogens with zero attached hydrogens (tertiary/aromatic N) is 3. The molecule has 2 heterocycles. The number of halogens is 1. The van der Waals surface area contributed by atoms with E-state index in [1.54, 1.807) is 43.1 Å². The molecule has 1 aliphatic rings. The van der Waals surface area contributed by atoms with Gasteiger partial charge in [0.05, 0.1) is 11.4 Å². The van der Waals surface area contributed by atoms with Gasteiger partial charge in [-0.05, 0) is 37.1 Å². The van der Waals surface area contributed by atoms with Crippen molar-refractivity contribution in [2.45, 2.75) is 37.7 Å². The van der Waals surface area contributed by atoms with E-state index in [4.69, 9.17) is 16.3 Å². The number of benzene rings is 1. The van der Waals surface area contributed by atoms with Crippen LogP contribution in [0.4, 0.5) is 0 Å². The molecule has 0 aliphatic carbocycles. The molecule has 1 aliphatic heterocycles. The number of sulfonamides is 1. The maximum atomic E-state index is 12.9. The number of hydrogen-bond donors (Lipinski definition) is 0. The summed E-state index contributed by atoms with van der Waals surface area (Å²) in [5.41, 5.74) is 0.455. The van der Waals surface area contributed by atoms with Crippen LogP contribution in [0.2, 0.25) is 5.02 Å². The van der Waals surface area contributed by atoms with Gasteiger partial charge in [-0.25, -0.2) is 8.42 Å². The maximum Gasteiger partial charge on any atom is 0.253 e. The highest BCUT2D eigenvalue weighted by molar-refractivity contribution is 7.89. The highest BCUT2D eigenvalue weighted by Gasteiger charge is 2.27. The Bertz CT molecular complexity index is 978. The standard InChI is InChI=1S/C21H26ClN3O4S/c1-3-25(4-2)30(27,28)18-9-7-16(8-10-18)21(26)24-13-5-6-17(15-24)29-20-11-12-23-14-19(20)22/h7-12,14,17H,3-6,13,15H2,1-2H3. The minimum Gasteiger partial charge on any atom is -0.487 e. The molecule has 3 rings (SSSR count). The minimum atomic E-state index is -3.55. The van der Waals surface area contributed by atoms with Crippen LogP contribution in [-0.2, 0) is 10.0 Å². The van der Waals surface area contributed by atoms with Gasteiger partial charge in [0.2, 0.25) is 10.0 Å². The van der Waals surface area contributed by atoms with E-state index >= 15 is 0 Å². The predicted molar refractivity (Wildman–Crippen MR) is 115 cm³/mol. The fourth-order valence-electron chi connectivity index (χ4n) is 3.52. The maximum absolute atomic E-state index is 12.9. The van der Waals surface area contributed by atoms with Crippen molar-refractivity contribution in [3.05, 3.63) is 53.3 Å². The SMILES string of the molecule is CCN(CC)S(=O)(=O)c1ccc(C(=O)N2CCCC(Oc3ccncc3Cl)C2)cc1. The first-order chi connectivity index (χ1) is 14.4. The lowest BCUT2D eigenvalue weighted by atomic mass is 10.1. The Hall–Kier alpha value is -2.16. The molecular weight excluding hydrogens is 426 g/mol. The lowest BCUT2D eigenvalue weighted by Crippen LogP contribution is -2.44. The molecule has 7 nitrogen and oxygen atoms in total.